The lowest BCUT2D eigenvalue weighted by molar-refractivity contribution is 0.669. The Morgan fingerprint density at radius 1 is 0.306 bits per heavy atom. The minimum Gasteiger partial charge on any atom is -0.456 e. The molecule has 3 heterocycles. The van der Waals surface area contributed by atoms with Crippen LogP contribution in [0.25, 0.3) is 137 Å². The quantitative estimate of drug-likeness (QED) is 0.167. The Morgan fingerprint density at radius 3 is 1.40 bits per heavy atom. The fourth-order valence-corrected chi connectivity index (χ4v) is 10.3. The van der Waals surface area contributed by atoms with Crippen molar-refractivity contribution >= 4 is 97.6 Å². The normalized spacial score (nSPS) is 12.2. The molecule has 62 heavy (non-hydrogen) atoms. The van der Waals surface area contributed by atoms with Gasteiger partial charge in [-0.05, 0) is 96.3 Å². The van der Waals surface area contributed by atoms with E-state index in [4.69, 9.17) is 19.4 Å². The Labute approximate surface area is 354 Å². The smallest absolute Gasteiger partial charge is 0.166 e. The predicted molar refractivity (Wildman–Crippen MR) is 256 cm³/mol. The maximum Gasteiger partial charge on any atom is 0.166 e. The molecule has 0 fully saturated rings. The van der Waals surface area contributed by atoms with Crippen LogP contribution in [-0.4, -0.2) is 19.5 Å². The molecule has 286 valence electrons. The van der Waals surface area contributed by atoms with Crippen LogP contribution in [0.4, 0.5) is 0 Å². The Balaban J connectivity index is 1.14. The first-order valence-corrected chi connectivity index (χ1v) is 21.0. The molecule has 0 aliphatic carbocycles. The Bertz CT molecular complexity index is 4080. The summed E-state index contributed by atoms with van der Waals surface area (Å²) in [7, 11) is 0. The van der Waals surface area contributed by atoms with Gasteiger partial charge in [0.15, 0.2) is 17.5 Å². The van der Waals surface area contributed by atoms with E-state index in [2.05, 4.69) is 162 Å². The number of para-hydroxylation sites is 1. The molecule has 0 atom stereocenters. The van der Waals surface area contributed by atoms with Crippen molar-refractivity contribution in [3.8, 4) is 39.9 Å². The molecule has 0 amide bonds. The van der Waals surface area contributed by atoms with E-state index in [-0.39, 0.29) is 0 Å². The average Bonchev–Trinajstić information content (AvgIpc) is 3.89. The third-order valence-electron chi connectivity index (χ3n) is 13.0. The lowest BCUT2D eigenvalue weighted by Crippen LogP contribution is -2.04. The molecule has 0 radical (unpaired) electrons. The van der Waals surface area contributed by atoms with Crippen LogP contribution >= 0.6 is 0 Å². The first-order chi connectivity index (χ1) is 30.7. The van der Waals surface area contributed by atoms with Crippen molar-refractivity contribution in [3.05, 3.63) is 194 Å². The fraction of sp³-hybridized carbons (Fsp3) is 0. The lowest BCUT2D eigenvalue weighted by atomic mass is 9.92. The number of rotatable bonds is 4. The number of benzene rings is 11. The van der Waals surface area contributed by atoms with Crippen LogP contribution in [0.15, 0.2) is 199 Å². The molecule has 0 saturated heterocycles. The summed E-state index contributed by atoms with van der Waals surface area (Å²) in [5.74, 6) is 1.77. The van der Waals surface area contributed by atoms with Crippen molar-refractivity contribution in [2.45, 2.75) is 0 Å². The summed E-state index contributed by atoms with van der Waals surface area (Å²) in [4.78, 5) is 16.0. The van der Waals surface area contributed by atoms with Crippen molar-refractivity contribution in [3.63, 3.8) is 0 Å². The first-order valence-electron chi connectivity index (χ1n) is 21.0. The maximum absolute atomic E-state index is 6.39. The van der Waals surface area contributed by atoms with Crippen molar-refractivity contribution in [2.24, 2.45) is 0 Å². The van der Waals surface area contributed by atoms with Crippen LogP contribution in [0.3, 0.4) is 0 Å². The van der Waals surface area contributed by atoms with E-state index >= 15 is 0 Å². The molecule has 0 bridgehead atoms. The zero-order chi connectivity index (χ0) is 40.5. The number of aromatic nitrogens is 4. The molecule has 0 unspecified atom stereocenters. The Morgan fingerprint density at radius 2 is 0.774 bits per heavy atom. The molecular weight excluding hydrogens is 757 g/mol. The fourth-order valence-electron chi connectivity index (χ4n) is 10.3. The van der Waals surface area contributed by atoms with Gasteiger partial charge in [0.25, 0.3) is 0 Å². The van der Waals surface area contributed by atoms with Crippen LogP contribution < -0.4 is 0 Å². The summed E-state index contributed by atoms with van der Waals surface area (Å²) in [5, 5.41) is 16.8. The summed E-state index contributed by atoms with van der Waals surface area (Å²) in [6, 6.07) is 69.1. The maximum atomic E-state index is 6.39. The van der Waals surface area contributed by atoms with Gasteiger partial charge in [-0.15, -0.1) is 0 Å². The monoisotopic (exact) mass is 788 g/mol. The SMILES string of the molecule is c1ccc(-c2nc(-c3ccc4c(c3)oc3ccccc34)nc(-c3cc4c5ccccc5c5ccccc5c4cc3-n3c4cccc5c6ccccc6c6cccc3c6c54)n2)cc1. The van der Waals surface area contributed by atoms with Gasteiger partial charge in [0.1, 0.15) is 11.2 Å². The van der Waals surface area contributed by atoms with E-state index in [9.17, 15) is 0 Å². The first kappa shape index (κ1) is 33.4. The molecule has 14 rings (SSSR count). The van der Waals surface area contributed by atoms with Crippen LogP contribution in [0.2, 0.25) is 0 Å². The van der Waals surface area contributed by atoms with Gasteiger partial charge in [0.2, 0.25) is 0 Å². The zero-order valence-electron chi connectivity index (χ0n) is 33.2. The molecule has 0 saturated carbocycles. The third-order valence-corrected chi connectivity index (χ3v) is 13.0. The van der Waals surface area contributed by atoms with E-state index in [1.165, 1.54) is 59.2 Å². The van der Waals surface area contributed by atoms with E-state index < -0.39 is 0 Å². The van der Waals surface area contributed by atoms with Gasteiger partial charge in [-0.3, -0.25) is 0 Å². The number of fused-ring (bicyclic) bond motifs is 12. The molecular formula is C57H32N4O. The molecule has 5 heteroatoms. The molecule has 0 N–H and O–H groups in total. The second-order valence-electron chi connectivity index (χ2n) is 16.3. The molecule has 14 aromatic rings. The number of hydrogen-bond donors (Lipinski definition) is 0. The topological polar surface area (TPSA) is 56.7 Å². The van der Waals surface area contributed by atoms with Gasteiger partial charge in [0, 0.05) is 38.2 Å². The molecule has 5 nitrogen and oxygen atoms in total. The van der Waals surface area contributed by atoms with Gasteiger partial charge in [0.05, 0.1) is 16.7 Å². The number of hydrogen-bond acceptors (Lipinski definition) is 4. The standard InChI is InChI=1S/C57H32N4O/c1-2-14-33(15-3-1)55-58-56(34-28-29-42-41-22-10-11-27-51(41)62-52(42)30-34)60-57(59-55)47-31-45-39-20-8-4-16-35(39)36-17-5-9-21-40(36)46(45)32-50(47)61-48-25-12-23-43-37-18-6-7-19-38(37)44-24-13-26-49(61)54(44)53(43)48/h1-32H. The predicted octanol–water partition coefficient (Wildman–Crippen LogP) is 15.1. The van der Waals surface area contributed by atoms with E-state index in [0.29, 0.717) is 17.5 Å². The van der Waals surface area contributed by atoms with Gasteiger partial charge in [-0.25, -0.2) is 15.0 Å². The van der Waals surface area contributed by atoms with E-state index in [1.54, 1.807) is 0 Å². The van der Waals surface area contributed by atoms with Crippen LogP contribution in [0, 0.1) is 0 Å². The van der Waals surface area contributed by atoms with Gasteiger partial charge >= 0.3 is 0 Å². The van der Waals surface area contributed by atoms with E-state index in [1.807, 2.05) is 36.4 Å². The van der Waals surface area contributed by atoms with Crippen LogP contribution in [0.5, 0.6) is 0 Å². The largest absolute Gasteiger partial charge is 0.456 e. The summed E-state index contributed by atoms with van der Waals surface area (Å²) in [6.07, 6.45) is 0. The van der Waals surface area contributed by atoms with Gasteiger partial charge in [-0.2, -0.15) is 0 Å². The summed E-state index contributed by atoms with van der Waals surface area (Å²) >= 11 is 0. The number of furan rings is 1. The minimum atomic E-state index is 0.575. The average molecular weight is 789 g/mol. The van der Waals surface area contributed by atoms with Crippen molar-refractivity contribution in [2.75, 3.05) is 0 Å². The van der Waals surface area contributed by atoms with E-state index in [0.717, 1.165) is 60.7 Å². The molecule has 0 spiro atoms. The highest BCUT2D eigenvalue weighted by molar-refractivity contribution is 6.35. The summed E-state index contributed by atoms with van der Waals surface area (Å²) in [5.41, 5.74) is 7.60. The summed E-state index contributed by atoms with van der Waals surface area (Å²) < 4.78 is 8.84. The molecule has 3 aromatic heterocycles. The lowest BCUT2D eigenvalue weighted by Gasteiger charge is -2.18. The second-order valence-corrected chi connectivity index (χ2v) is 16.3. The molecule has 0 aliphatic heterocycles. The van der Waals surface area contributed by atoms with Crippen LogP contribution in [-0.2, 0) is 0 Å². The highest BCUT2D eigenvalue weighted by Crippen LogP contribution is 2.47. The third kappa shape index (κ3) is 4.65. The van der Waals surface area contributed by atoms with Gasteiger partial charge < -0.3 is 8.98 Å². The molecule has 11 aromatic carbocycles. The van der Waals surface area contributed by atoms with Crippen LogP contribution in [0.1, 0.15) is 0 Å². The van der Waals surface area contributed by atoms with Crippen molar-refractivity contribution in [1.29, 1.82) is 0 Å². The highest BCUT2D eigenvalue weighted by atomic mass is 16.3. The van der Waals surface area contributed by atoms with Crippen molar-refractivity contribution < 1.29 is 4.42 Å². The minimum absolute atomic E-state index is 0.575. The zero-order valence-corrected chi connectivity index (χ0v) is 33.2. The second kappa shape index (κ2) is 12.6. The Kier molecular flexibility index (Phi) is 6.77. The Hall–Kier alpha value is -8.41. The summed E-state index contributed by atoms with van der Waals surface area (Å²) in [6.45, 7) is 0. The van der Waals surface area contributed by atoms with Gasteiger partial charge in [-0.1, -0.05) is 152 Å². The van der Waals surface area contributed by atoms with Crippen molar-refractivity contribution in [1.82, 2.24) is 19.5 Å². The highest BCUT2D eigenvalue weighted by Gasteiger charge is 2.24. The number of nitrogens with zero attached hydrogens (tertiary/aromatic N) is 4. The molecule has 0 aliphatic rings.